The van der Waals surface area contributed by atoms with E-state index in [0.717, 1.165) is 6.54 Å². The van der Waals surface area contributed by atoms with Crippen LogP contribution in [-0.2, 0) is 0 Å². The summed E-state index contributed by atoms with van der Waals surface area (Å²) in [7, 11) is 0. The van der Waals surface area contributed by atoms with Crippen LogP contribution in [-0.4, -0.2) is 6.54 Å². The van der Waals surface area contributed by atoms with Crippen LogP contribution in [0.4, 0.5) is 0 Å². The predicted molar refractivity (Wildman–Crippen MR) is 81.0 cm³/mol. The Bertz CT molecular complexity index is 368. The molecule has 1 N–H and O–H groups in total. The summed E-state index contributed by atoms with van der Waals surface area (Å²) in [6.07, 6.45) is 1.19. The van der Waals surface area contributed by atoms with Crippen molar-refractivity contribution in [2.75, 3.05) is 6.54 Å². The minimum atomic E-state index is 0.477. The smallest absolute Gasteiger partial charge is 0.0351 e. The highest BCUT2D eigenvalue weighted by atomic mass is 14.9. The quantitative estimate of drug-likeness (QED) is 0.772. The van der Waals surface area contributed by atoms with E-state index in [4.69, 9.17) is 0 Å². The second-order valence-electron chi connectivity index (χ2n) is 5.89. The molecule has 1 rings (SSSR count). The maximum absolute atomic E-state index is 3.73. The molecule has 2 atom stereocenters. The Labute approximate surface area is 113 Å². The number of nitrogens with one attached hydrogen (secondary N) is 1. The molecular formula is C17H29N. The van der Waals surface area contributed by atoms with E-state index >= 15 is 0 Å². The highest BCUT2D eigenvalue weighted by molar-refractivity contribution is 5.33. The van der Waals surface area contributed by atoms with Crippen molar-refractivity contribution < 1.29 is 0 Å². The molecular weight excluding hydrogens is 218 g/mol. The van der Waals surface area contributed by atoms with Gasteiger partial charge in [0, 0.05) is 6.04 Å². The zero-order chi connectivity index (χ0) is 13.7. The Morgan fingerprint density at radius 2 is 1.78 bits per heavy atom. The third kappa shape index (κ3) is 3.84. The van der Waals surface area contributed by atoms with E-state index in [2.05, 4.69) is 65.1 Å². The van der Waals surface area contributed by atoms with E-state index in [-0.39, 0.29) is 0 Å². The summed E-state index contributed by atoms with van der Waals surface area (Å²) < 4.78 is 0. The van der Waals surface area contributed by atoms with Gasteiger partial charge in [0.2, 0.25) is 0 Å². The van der Waals surface area contributed by atoms with Crippen LogP contribution in [0.15, 0.2) is 18.2 Å². The SMILES string of the molecule is CCCNC(c1ccc(C)cc1C)C(C)C(C)C. The molecule has 18 heavy (non-hydrogen) atoms. The molecule has 0 saturated heterocycles. The molecule has 0 aliphatic heterocycles. The van der Waals surface area contributed by atoms with E-state index in [9.17, 15) is 0 Å². The first-order valence-electron chi connectivity index (χ1n) is 7.27. The van der Waals surface area contributed by atoms with Gasteiger partial charge in [0.15, 0.2) is 0 Å². The van der Waals surface area contributed by atoms with Gasteiger partial charge < -0.3 is 5.32 Å². The molecule has 102 valence electrons. The van der Waals surface area contributed by atoms with Gasteiger partial charge in [-0.05, 0) is 49.8 Å². The van der Waals surface area contributed by atoms with Gasteiger partial charge >= 0.3 is 0 Å². The molecule has 1 nitrogen and oxygen atoms in total. The lowest BCUT2D eigenvalue weighted by atomic mass is 9.84. The van der Waals surface area contributed by atoms with Gasteiger partial charge in [0.05, 0.1) is 0 Å². The number of hydrogen-bond donors (Lipinski definition) is 1. The molecule has 1 aromatic rings. The Hall–Kier alpha value is -0.820. The molecule has 2 unspecified atom stereocenters. The Morgan fingerprint density at radius 3 is 2.28 bits per heavy atom. The van der Waals surface area contributed by atoms with Crippen molar-refractivity contribution in [1.82, 2.24) is 5.32 Å². The summed E-state index contributed by atoms with van der Waals surface area (Å²) in [6, 6.07) is 7.31. The maximum atomic E-state index is 3.73. The van der Waals surface area contributed by atoms with Gasteiger partial charge in [0.1, 0.15) is 0 Å². The molecule has 0 bridgehead atoms. The third-order valence-corrected chi connectivity index (χ3v) is 3.95. The van der Waals surface area contributed by atoms with Gasteiger partial charge in [-0.2, -0.15) is 0 Å². The van der Waals surface area contributed by atoms with E-state index in [1.807, 2.05) is 0 Å². The van der Waals surface area contributed by atoms with Crippen LogP contribution in [0.2, 0.25) is 0 Å². The fraction of sp³-hybridized carbons (Fsp3) is 0.647. The minimum Gasteiger partial charge on any atom is -0.310 e. The van der Waals surface area contributed by atoms with Gasteiger partial charge in [-0.3, -0.25) is 0 Å². The predicted octanol–water partition coefficient (Wildman–Crippen LogP) is 4.64. The summed E-state index contributed by atoms with van der Waals surface area (Å²) in [5.41, 5.74) is 4.23. The molecule has 0 amide bonds. The largest absolute Gasteiger partial charge is 0.310 e. The number of hydrogen-bond acceptors (Lipinski definition) is 1. The molecule has 1 aromatic carbocycles. The van der Waals surface area contributed by atoms with Crippen molar-refractivity contribution in [3.63, 3.8) is 0 Å². The Kier molecular flexibility index (Phi) is 5.87. The highest BCUT2D eigenvalue weighted by Crippen LogP contribution is 2.30. The zero-order valence-electron chi connectivity index (χ0n) is 12.9. The van der Waals surface area contributed by atoms with Crippen LogP contribution in [0.5, 0.6) is 0 Å². The lowest BCUT2D eigenvalue weighted by Gasteiger charge is -2.30. The van der Waals surface area contributed by atoms with Crippen molar-refractivity contribution in [2.24, 2.45) is 11.8 Å². The second kappa shape index (κ2) is 6.94. The van der Waals surface area contributed by atoms with Gasteiger partial charge in [0.25, 0.3) is 0 Å². The van der Waals surface area contributed by atoms with Crippen LogP contribution < -0.4 is 5.32 Å². The summed E-state index contributed by atoms with van der Waals surface area (Å²) in [5.74, 6) is 1.35. The number of benzene rings is 1. The van der Waals surface area contributed by atoms with E-state index < -0.39 is 0 Å². The Balaban J connectivity index is 3.00. The molecule has 0 aliphatic rings. The molecule has 0 radical (unpaired) electrons. The summed E-state index contributed by atoms with van der Waals surface area (Å²) in [4.78, 5) is 0. The molecule has 0 saturated carbocycles. The van der Waals surface area contributed by atoms with Crippen molar-refractivity contribution >= 4 is 0 Å². The molecule has 1 heteroatoms. The molecule has 0 fully saturated rings. The Morgan fingerprint density at radius 1 is 1.11 bits per heavy atom. The van der Waals surface area contributed by atoms with Crippen molar-refractivity contribution in [3.8, 4) is 0 Å². The van der Waals surface area contributed by atoms with Crippen molar-refractivity contribution in [3.05, 3.63) is 34.9 Å². The molecule has 0 spiro atoms. The average Bonchev–Trinajstić information content (AvgIpc) is 2.31. The highest BCUT2D eigenvalue weighted by Gasteiger charge is 2.22. The fourth-order valence-electron chi connectivity index (χ4n) is 2.44. The topological polar surface area (TPSA) is 12.0 Å². The fourth-order valence-corrected chi connectivity index (χ4v) is 2.44. The van der Waals surface area contributed by atoms with E-state index in [1.54, 1.807) is 0 Å². The van der Waals surface area contributed by atoms with Crippen molar-refractivity contribution in [1.29, 1.82) is 0 Å². The first-order valence-corrected chi connectivity index (χ1v) is 7.27. The first-order chi connectivity index (χ1) is 8.47. The van der Waals surface area contributed by atoms with E-state index in [0.29, 0.717) is 17.9 Å². The lowest BCUT2D eigenvalue weighted by Crippen LogP contribution is -2.30. The summed E-state index contributed by atoms with van der Waals surface area (Å²) >= 11 is 0. The standard InChI is InChI=1S/C17H29N/c1-7-10-18-17(15(6)12(2)3)16-9-8-13(4)11-14(16)5/h8-9,11-12,15,17-18H,7,10H2,1-6H3. The van der Waals surface area contributed by atoms with E-state index in [1.165, 1.54) is 23.1 Å². The molecule has 0 heterocycles. The molecule has 0 aromatic heterocycles. The maximum Gasteiger partial charge on any atom is 0.0351 e. The number of aryl methyl sites for hydroxylation is 2. The molecule has 0 aliphatic carbocycles. The van der Waals surface area contributed by atoms with Gasteiger partial charge in [-0.1, -0.05) is 51.5 Å². The second-order valence-corrected chi connectivity index (χ2v) is 5.89. The van der Waals surface area contributed by atoms with Crippen LogP contribution in [0.25, 0.3) is 0 Å². The normalized spacial score (nSPS) is 14.8. The van der Waals surface area contributed by atoms with Crippen LogP contribution in [0, 0.1) is 25.7 Å². The third-order valence-electron chi connectivity index (χ3n) is 3.95. The van der Waals surface area contributed by atoms with Gasteiger partial charge in [-0.15, -0.1) is 0 Å². The van der Waals surface area contributed by atoms with Crippen LogP contribution >= 0.6 is 0 Å². The lowest BCUT2D eigenvalue weighted by molar-refractivity contribution is 0.303. The monoisotopic (exact) mass is 247 g/mol. The average molecular weight is 247 g/mol. The van der Waals surface area contributed by atoms with Gasteiger partial charge in [-0.25, -0.2) is 0 Å². The number of rotatable bonds is 6. The van der Waals surface area contributed by atoms with Crippen molar-refractivity contribution in [2.45, 2.75) is 54.0 Å². The van der Waals surface area contributed by atoms with Crippen LogP contribution in [0.1, 0.15) is 56.8 Å². The van der Waals surface area contributed by atoms with Crippen LogP contribution in [0.3, 0.4) is 0 Å². The minimum absolute atomic E-state index is 0.477. The zero-order valence-corrected chi connectivity index (χ0v) is 12.9. The first kappa shape index (κ1) is 15.2. The summed E-state index contributed by atoms with van der Waals surface area (Å²) in [6.45, 7) is 14.7. The summed E-state index contributed by atoms with van der Waals surface area (Å²) in [5, 5.41) is 3.73.